The summed E-state index contributed by atoms with van der Waals surface area (Å²) in [6.07, 6.45) is -17.2. The number of fused-ring (bicyclic) bond motifs is 2. The smallest absolute Gasteiger partial charge is 0.229 e. The molecule has 0 radical (unpaired) electrons. The van der Waals surface area contributed by atoms with E-state index in [1.165, 1.54) is 30.3 Å². The Hall–Kier alpha value is -2.77. The van der Waals surface area contributed by atoms with Crippen LogP contribution in [-0.2, 0) is 20.0 Å². The van der Waals surface area contributed by atoms with E-state index in [-0.39, 0.29) is 16.9 Å². The van der Waals surface area contributed by atoms with E-state index in [1.807, 2.05) is 0 Å². The van der Waals surface area contributed by atoms with Gasteiger partial charge in [-0.1, -0.05) is 12.1 Å². The van der Waals surface area contributed by atoms with Gasteiger partial charge in [-0.25, -0.2) is 0 Å². The van der Waals surface area contributed by atoms with Crippen LogP contribution in [-0.4, -0.2) is 131 Å². The molecule has 15 heteroatoms. The van der Waals surface area contributed by atoms with Gasteiger partial charge in [0.05, 0.1) is 24.3 Å². The standard InChI is InChI=1S/C27H32O15/c1-9-5-11-17(13(6-9)39-25-23(36)21(34)18(31)14(7-28)40-25)20(33)16-10(3-2-4-12(16)30)27(11,38)42-26-24(37)22(35)19(32)15(8-29)41-26/h2-6,14-15,18-19,21-26,28-32,34-38H,7-8H2,1H3/t14-,15-,18-,19-,21+,22+,23-,24-,25-,26+,27-/m1/s1. The molecule has 42 heavy (non-hydrogen) atoms. The monoisotopic (exact) mass is 596 g/mol. The number of phenolic OH excluding ortho intramolecular Hbond substituents is 1. The van der Waals surface area contributed by atoms with E-state index in [0.29, 0.717) is 5.56 Å². The lowest BCUT2D eigenvalue weighted by atomic mass is 9.78. The van der Waals surface area contributed by atoms with Gasteiger partial charge >= 0.3 is 0 Å². The number of aliphatic hydroxyl groups excluding tert-OH is 8. The zero-order chi connectivity index (χ0) is 30.7. The number of aliphatic hydroxyl groups is 9. The highest BCUT2D eigenvalue weighted by Gasteiger charge is 2.53. The maximum Gasteiger partial charge on any atom is 0.229 e. The zero-order valence-corrected chi connectivity index (χ0v) is 22.1. The molecule has 2 saturated heterocycles. The van der Waals surface area contributed by atoms with Crippen LogP contribution >= 0.6 is 0 Å². The average molecular weight is 597 g/mol. The largest absolute Gasteiger partial charge is 0.507 e. The van der Waals surface area contributed by atoms with E-state index in [1.54, 1.807) is 6.92 Å². The molecule has 0 bridgehead atoms. The third-order valence-electron chi connectivity index (χ3n) is 7.70. The Morgan fingerprint density at radius 1 is 0.786 bits per heavy atom. The van der Waals surface area contributed by atoms with Gasteiger partial charge in [0.2, 0.25) is 17.9 Å². The molecule has 2 aliphatic heterocycles. The first-order valence-electron chi connectivity index (χ1n) is 13.0. The maximum absolute atomic E-state index is 13.8. The van der Waals surface area contributed by atoms with Crippen molar-refractivity contribution in [2.45, 2.75) is 74.1 Å². The molecule has 10 N–H and O–H groups in total. The third kappa shape index (κ3) is 4.86. The number of aromatic hydroxyl groups is 1. The first kappa shape index (κ1) is 30.7. The van der Waals surface area contributed by atoms with Crippen molar-refractivity contribution in [2.24, 2.45) is 0 Å². The lowest BCUT2D eigenvalue weighted by Crippen LogP contribution is -2.61. The minimum Gasteiger partial charge on any atom is -0.507 e. The average Bonchev–Trinajstić information content (AvgIpc) is 2.96. The van der Waals surface area contributed by atoms with Crippen LogP contribution in [0.3, 0.4) is 0 Å². The molecule has 2 fully saturated rings. The van der Waals surface area contributed by atoms with Crippen LogP contribution in [0.1, 0.15) is 32.6 Å². The second-order valence-corrected chi connectivity index (χ2v) is 10.5. The minimum absolute atomic E-state index is 0.276. The fourth-order valence-electron chi connectivity index (χ4n) is 5.43. The SMILES string of the molecule is Cc1cc(O[C@@H]2O[C@H](CO)[C@@H](O)[C@H](O)[C@H]2O)c2c(c1)[C@](O)(O[C@@H]1O[C@H](CO)[C@@H](O)[C@H](O)[C@H]1O)c1cccc(O)c1C2=O. The third-order valence-corrected chi connectivity index (χ3v) is 7.70. The van der Waals surface area contributed by atoms with Crippen LogP contribution in [0.4, 0.5) is 0 Å². The second kappa shape index (κ2) is 11.4. The van der Waals surface area contributed by atoms with Crippen molar-refractivity contribution in [3.05, 3.63) is 58.1 Å². The summed E-state index contributed by atoms with van der Waals surface area (Å²) in [5.74, 6) is -4.44. The topological polar surface area (TPSA) is 256 Å². The number of benzene rings is 2. The minimum atomic E-state index is -2.69. The van der Waals surface area contributed by atoms with Gasteiger partial charge in [-0.15, -0.1) is 0 Å². The number of ketones is 1. The number of carbonyl (C=O) groups is 1. The van der Waals surface area contributed by atoms with Gasteiger partial charge in [-0.05, 0) is 30.7 Å². The lowest BCUT2D eigenvalue weighted by Gasteiger charge is -2.44. The van der Waals surface area contributed by atoms with Crippen LogP contribution in [0.5, 0.6) is 11.5 Å². The molecule has 0 aromatic heterocycles. The summed E-state index contributed by atoms with van der Waals surface area (Å²) >= 11 is 0. The molecule has 0 amide bonds. The van der Waals surface area contributed by atoms with E-state index >= 15 is 0 Å². The Labute approximate surface area is 238 Å². The quantitative estimate of drug-likeness (QED) is 0.145. The van der Waals surface area contributed by atoms with E-state index in [0.717, 1.165) is 0 Å². The van der Waals surface area contributed by atoms with Crippen molar-refractivity contribution < 1.29 is 74.8 Å². The predicted octanol–water partition coefficient (Wildman–Crippen LogP) is -3.57. The molecule has 3 aliphatic rings. The van der Waals surface area contributed by atoms with Crippen molar-refractivity contribution in [1.82, 2.24) is 0 Å². The fourth-order valence-corrected chi connectivity index (χ4v) is 5.43. The molecule has 11 atom stereocenters. The summed E-state index contributed by atoms with van der Waals surface area (Å²) in [6, 6.07) is 6.42. The molecule has 0 unspecified atom stereocenters. The normalized spacial score (nSPS) is 38.1. The van der Waals surface area contributed by atoms with Crippen LogP contribution in [0.15, 0.2) is 30.3 Å². The lowest BCUT2D eigenvalue weighted by molar-refractivity contribution is -0.356. The molecular weight excluding hydrogens is 564 g/mol. The molecule has 1 aliphatic carbocycles. The number of phenols is 1. The van der Waals surface area contributed by atoms with Gasteiger partial charge < -0.3 is 70.0 Å². The first-order valence-corrected chi connectivity index (χ1v) is 13.0. The zero-order valence-electron chi connectivity index (χ0n) is 22.1. The molecule has 2 aromatic rings. The van der Waals surface area contributed by atoms with Crippen molar-refractivity contribution >= 4 is 5.78 Å². The summed E-state index contributed by atoms with van der Waals surface area (Å²) in [5, 5.41) is 104. The Balaban J connectivity index is 1.63. The predicted molar refractivity (Wildman–Crippen MR) is 135 cm³/mol. The van der Waals surface area contributed by atoms with Crippen molar-refractivity contribution in [3.63, 3.8) is 0 Å². The van der Waals surface area contributed by atoms with Crippen molar-refractivity contribution in [2.75, 3.05) is 13.2 Å². The fraction of sp³-hybridized carbons (Fsp3) is 0.519. The molecule has 0 saturated carbocycles. The Morgan fingerprint density at radius 3 is 1.95 bits per heavy atom. The number of rotatable bonds is 6. The molecular formula is C27H32O15. The number of hydrogen-bond acceptors (Lipinski definition) is 15. The highest BCUT2D eigenvalue weighted by molar-refractivity contribution is 6.16. The molecule has 15 nitrogen and oxygen atoms in total. The number of ether oxygens (including phenoxy) is 4. The summed E-state index contributed by atoms with van der Waals surface area (Å²) in [7, 11) is 0. The molecule has 0 spiro atoms. The molecule has 5 rings (SSSR count). The Kier molecular flexibility index (Phi) is 8.31. The van der Waals surface area contributed by atoms with Gasteiger partial charge in [0.25, 0.3) is 0 Å². The first-order chi connectivity index (χ1) is 19.8. The summed E-state index contributed by atoms with van der Waals surface area (Å²) in [4.78, 5) is 13.8. The summed E-state index contributed by atoms with van der Waals surface area (Å²) in [6.45, 7) is 0.0205. The van der Waals surface area contributed by atoms with Crippen LogP contribution in [0.2, 0.25) is 0 Å². The maximum atomic E-state index is 13.8. The Morgan fingerprint density at radius 2 is 1.36 bits per heavy atom. The van der Waals surface area contributed by atoms with E-state index in [4.69, 9.17) is 18.9 Å². The number of aryl methyl sites for hydroxylation is 1. The number of carbonyl (C=O) groups excluding carboxylic acids is 1. The highest BCUT2D eigenvalue weighted by Crippen LogP contribution is 2.48. The molecule has 230 valence electrons. The van der Waals surface area contributed by atoms with Gasteiger partial charge in [-0.2, -0.15) is 0 Å². The van der Waals surface area contributed by atoms with Gasteiger partial charge in [0, 0.05) is 11.1 Å². The van der Waals surface area contributed by atoms with E-state index < -0.39 is 103 Å². The van der Waals surface area contributed by atoms with Crippen molar-refractivity contribution in [3.8, 4) is 11.5 Å². The van der Waals surface area contributed by atoms with Gasteiger partial charge in [0.15, 0.2) is 6.29 Å². The molecule has 2 aromatic carbocycles. The number of hydrogen-bond donors (Lipinski definition) is 10. The molecule has 2 heterocycles. The van der Waals surface area contributed by atoms with Gasteiger partial charge in [-0.3, -0.25) is 4.79 Å². The van der Waals surface area contributed by atoms with E-state index in [2.05, 4.69) is 0 Å². The summed E-state index contributed by atoms with van der Waals surface area (Å²) in [5.41, 5.74) is -1.01. The summed E-state index contributed by atoms with van der Waals surface area (Å²) < 4.78 is 22.4. The van der Waals surface area contributed by atoms with Crippen LogP contribution in [0, 0.1) is 6.92 Å². The van der Waals surface area contributed by atoms with Crippen LogP contribution in [0.25, 0.3) is 0 Å². The van der Waals surface area contributed by atoms with Crippen molar-refractivity contribution in [1.29, 1.82) is 0 Å². The van der Waals surface area contributed by atoms with E-state index in [9.17, 15) is 55.9 Å². The highest BCUT2D eigenvalue weighted by atomic mass is 16.8. The van der Waals surface area contributed by atoms with Gasteiger partial charge in [0.1, 0.15) is 60.3 Å². The second-order valence-electron chi connectivity index (χ2n) is 10.5. The van der Waals surface area contributed by atoms with Crippen LogP contribution < -0.4 is 4.74 Å². The Bertz CT molecular complexity index is 1330.